The Kier molecular flexibility index (Phi) is 3.37. The maximum Gasteiger partial charge on any atom is 0.0757 e. The smallest absolute Gasteiger partial charge is 0.0757 e. The molecule has 2 rings (SSSR count). The van der Waals surface area contributed by atoms with Gasteiger partial charge in [0.1, 0.15) is 0 Å². The SMILES string of the molecule is CC(C)c1cc(Cl)c2cccc(C(C)(C)C)c2n1. The van der Waals surface area contributed by atoms with Crippen molar-refractivity contribution in [1.82, 2.24) is 4.98 Å². The van der Waals surface area contributed by atoms with Crippen LogP contribution in [0.5, 0.6) is 0 Å². The van der Waals surface area contributed by atoms with E-state index in [1.165, 1.54) is 5.56 Å². The summed E-state index contributed by atoms with van der Waals surface area (Å²) in [6.07, 6.45) is 0. The molecule has 0 N–H and O–H groups in total. The first-order chi connectivity index (χ1) is 8.30. The van der Waals surface area contributed by atoms with Crippen LogP contribution in [0.4, 0.5) is 0 Å². The molecule has 96 valence electrons. The molecule has 0 aliphatic rings. The summed E-state index contributed by atoms with van der Waals surface area (Å²) in [6, 6.07) is 8.24. The van der Waals surface area contributed by atoms with Crippen LogP contribution in [0.3, 0.4) is 0 Å². The predicted octanol–water partition coefficient (Wildman–Crippen LogP) is 5.31. The van der Waals surface area contributed by atoms with Crippen LogP contribution < -0.4 is 0 Å². The standard InChI is InChI=1S/C16H20ClN/c1-10(2)14-9-13(17)11-7-6-8-12(15(11)18-14)16(3,4)5/h6-10H,1-5H3. The molecule has 18 heavy (non-hydrogen) atoms. The zero-order chi connectivity index (χ0) is 13.5. The number of rotatable bonds is 1. The summed E-state index contributed by atoms with van der Waals surface area (Å²) in [7, 11) is 0. The van der Waals surface area contributed by atoms with Crippen molar-refractivity contribution in [2.75, 3.05) is 0 Å². The second kappa shape index (κ2) is 4.55. The number of para-hydroxylation sites is 1. The van der Waals surface area contributed by atoms with Gasteiger partial charge in [-0.3, -0.25) is 4.98 Å². The Bertz CT molecular complexity index is 579. The van der Waals surface area contributed by atoms with Gasteiger partial charge in [-0.15, -0.1) is 0 Å². The minimum Gasteiger partial charge on any atom is -0.252 e. The van der Waals surface area contributed by atoms with E-state index in [4.69, 9.17) is 16.6 Å². The molecule has 2 aromatic rings. The molecule has 2 heteroatoms. The maximum atomic E-state index is 6.39. The van der Waals surface area contributed by atoms with Crippen molar-refractivity contribution in [1.29, 1.82) is 0 Å². The summed E-state index contributed by atoms with van der Waals surface area (Å²) in [5.74, 6) is 0.389. The van der Waals surface area contributed by atoms with Crippen LogP contribution in [0.25, 0.3) is 10.9 Å². The monoisotopic (exact) mass is 261 g/mol. The van der Waals surface area contributed by atoms with Gasteiger partial charge < -0.3 is 0 Å². The fraction of sp³-hybridized carbons (Fsp3) is 0.438. The van der Waals surface area contributed by atoms with Gasteiger partial charge in [0.2, 0.25) is 0 Å². The Hall–Kier alpha value is -1.08. The lowest BCUT2D eigenvalue weighted by molar-refractivity contribution is 0.594. The molecule has 0 saturated carbocycles. The van der Waals surface area contributed by atoms with Crippen molar-refractivity contribution in [3.63, 3.8) is 0 Å². The zero-order valence-corrected chi connectivity index (χ0v) is 12.5. The molecule has 0 atom stereocenters. The molecule has 0 spiro atoms. The van der Waals surface area contributed by atoms with E-state index in [0.29, 0.717) is 5.92 Å². The largest absolute Gasteiger partial charge is 0.252 e. The van der Waals surface area contributed by atoms with Crippen LogP contribution in [-0.2, 0) is 5.41 Å². The summed E-state index contributed by atoms with van der Waals surface area (Å²) in [6.45, 7) is 10.9. The van der Waals surface area contributed by atoms with E-state index >= 15 is 0 Å². The van der Waals surface area contributed by atoms with Gasteiger partial charge in [-0.2, -0.15) is 0 Å². The molecule has 1 heterocycles. The third-order valence-electron chi connectivity index (χ3n) is 3.21. The first-order valence-corrected chi connectivity index (χ1v) is 6.78. The first-order valence-electron chi connectivity index (χ1n) is 6.40. The lowest BCUT2D eigenvalue weighted by Crippen LogP contribution is -2.12. The summed E-state index contributed by atoms with van der Waals surface area (Å²) in [5, 5.41) is 1.85. The fourth-order valence-electron chi connectivity index (χ4n) is 2.13. The number of halogens is 1. The summed E-state index contributed by atoms with van der Waals surface area (Å²) in [4.78, 5) is 4.82. The van der Waals surface area contributed by atoms with Crippen molar-refractivity contribution in [3.8, 4) is 0 Å². The van der Waals surface area contributed by atoms with E-state index in [0.717, 1.165) is 21.6 Å². The van der Waals surface area contributed by atoms with E-state index in [9.17, 15) is 0 Å². The Morgan fingerprint density at radius 3 is 2.39 bits per heavy atom. The molecule has 0 unspecified atom stereocenters. The average Bonchev–Trinajstić information content (AvgIpc) is 2.26. The summed E-state index contributed by atoms with van der Waals surface area (Å²) >= 11 is 6.39. The Labute approximate surface area is 114 Å². The lowest BCUT2D eigenvalue weighted by atomic mass is 9.85. The van der Waals surface area contributed by atoms with Crippen LogP contribution in [0.15, 0.2) is 24.3 Å². The highest BCUT2D eigenvalue weighted by Crippen LogP contribution is 2.33. The molecule has 0 aliphatic carbocycles. The molecule has 1 nitrogen and oxygen atoms in total. The highest BCUT2D eigenvalue weighted by atomic mass is 35.5. The number of pyridine rings is 1. The van der Waals surface area contributed by atoms with E-state index in [2.05, 4.69) is 46.8 Å². The van der Waals surface area contributed by atoms with Gasteiger partial charge in [0, 0.05) is 11.1 Å². The van der Waals surface area contributed by atoms with E-state index in [1.807, 2.05) is 12.1 Å². The van der Waals surface area contributed by atoms with E-state index in [-0.39, 0.29) is 5.41 Å². The van der Waals surface area contributed by atoms with Crippen molar-refractivity contribution in [2.45, 2.75) is 46.0 Å². The Balaban J connectivity index is 2.82. The molecule has 0 radical (unpaired) electrons. The molecular weight excluding hydrogens is 242 g/mol. The van der Waals surface area contributed by atoms with Crippen LogP contribution in [-0.4, -0.2) is 4.98 Å². The topological polar surface area (TPSA) is 12.9 Å². The molecule has 1 aromatic carbocycles. The minimum atomic E-state index is 0.0748. The van der Waals surface area contributed by atoms with Crippen molar-refractivity contribution < 1.29 is 0 Å². The van der Waals surface area contributed by atoms with Crippen molar-refractivity contribution in [2.24, 2.45) is 0 Å². The summed E-state index contributed by atoms with van der Waals surface area (Å²) < 4.78 is 0. The highest BCUT2D eigenvalue weighted by Gasteiger charge is 2.19. The third-order valence-corrected chi connectivity index (χ3v) is 3.52. The van der Waals surface area contributed by atoms with E-state index in [1.54, 1.807) is 0 Å². The van der Waals surface area contributed by atoms with Crippen molar-refractivity contribution in [3.05, 3.63) is 40.5 Å². The first kappa shape index (κ1) is 13.4. The zero-order valence-electron chi connectivity index (χ0n) is 11.7. The predicted molar refractivity (Wildman–Crippen MR) is 79.5 cm³/mol. The lowest BCUT2D eigenvalue weighted by Gasteiger charge is -2.21. The second-order valence-electron chi connectivity index (χ2n) is 6.14. The van der Waals surface area contributed by atoms with Crippen LogP contribution >= 0.6 is 11.6 Å². The van der Waals surface area contributed by atoms with Gasteiger partial charge in [0.05, 0.1) is 10.5 Å². The molecule has 0 bridgehead atoms. The van der Waals surface area contributed by atoms with Gasteiger partial charge in [0.15, 0.2) is 0 Å². The van der Waals surface area contributed by atoms with Crippen LogP contribution in [0.1, 0.15) is 51.8 Å². The van der Waals surface area contributed by atoms with Gasteiger partial charge in [-0.25, -0.2) is 0 Å². The number of hydrogen-bond acceptors (Lipinski definition) is 1. The van der Waals surface area contributed by atoms with Gasteiger partial charge in [-0.05, 0) is 23.0 Å². The maximum absolute atomic E-state index is 6.39. The van der Waals surface area contributed by atoms with Gasteiger partial charge in [0.25, 0.3) is 0 Å². The highest BCUT2D eigenvalue weighted by molar-refractivity contribution is 6.35. The number of benzene rings is 1. The second-order valence-corrected chi connectivity index (χ2v) is 6.54. The number of aromatic nitrogens is 1. The van der Waals surface area contributed by atoms with Crippen molar-refractivity contribution >= 4 is 22.5 Å². The average molecular weight is 262 g/mol. The quantitative estimate of drug-likeness (QED) is 0.678. The number of hydrogen-bond donors (Lipinski definition) is 0. The van der Waals surface area contributed by atoms with E-state index < -0.39 is 0 Å². The molecule has 0 saturated heterocycles. The Morgan fingerprint density at radius 1 is 1.17 bits per heavy atom. The summed E-state index contributed by atoms with van der Waals surface area (Å²) in [5.41, 5.74) is 3.43. The number of fused-ring (bicyclic) bond motifs is 1. The normalized spacial score (nSPS) is 12.4. The van der Waals surface area contributed by atoms with Crippen LogP contribution in [0, 0.1) is 0 Å². The Morgan fingerprint density at radius 2 is 1.83 bits per heavy atom. The van der Waals surface area contributed by atoms with Gasteiger partial charge >= 0.3 is 0 Å². The minimum absolute atomic E-state index is 0.0748. The molecule has 0 fully saturated rings. The molecule has 1 aromatic heterocycles. The molecule has 0 amide bonds. The third kappa shape index (κ3) is 2.37. The molecular formula is C16H20ClN. The van der Waals surface area contributed by atoms with Gasteiger partial charge in [-0.1, -0.05) is 64.4 Å². The fourth-order valence-corrected chi connectivity index (χ4v) is 2.39. The number of nitrogens with zero attached hydrogens (tertiary/aromatic N) is 1. The van der Waals surface area contributed by atoms with Crippen LogP contribution in [0.2, 0.25) is 5.02 Å². The molecule has 0 aliphatic heterocycles.